The van der Waals surface area contributed by atoms with Gasteiger partial charge in [-0.05, 0) is 43.5 Å². The van der Waals surface area contributed by atoms with Crippen molar-refractivity contribution in [2.45, 2.75) is 31.7 Å². The number of ether oxygens (including phenoxy) is 1. The largest absolute Gasteiger partial charge is 0.491 e. The number of hydrogen-bond donors (Lipinski definition) is 1. The Labute approximate surface area is 168 Å². The number of rotatable bonds is 7. The Bertz CT molecular complexity index is 851. The lowest BCUT2D eigenvalue weighted by Crippen LogP contribution is -2.46. The van der Waals surface area contributed by atoms with Crippen LogP contribution in [0, 0.1) is 11.6 Å². The molecule has 1 N–H and O–H groups in total. The van der Waals surface area contributed by atoms with Crippen LogP contribution in [-0.2, 0) is 4.79 Å². The predicted molar refractivity (Wildman–Crippen MR) is 105 cm³/mol. The second kappa shape index (κ2) is 10.0. The molecular weight excluding hydrogens is 378 g/mol. The van der Waals surface area contributed by atoms with Crippen LogP contribution in [0.1, 0.15) is 36.0 Å². The van der Waals surface area contributed by atoms with Gasteiger partial charge in [0, 0.05) is 25.6 Å². The molecule has 1 saturated heterocycles. The Kier molecular flexibility index (Phi) is 7.16. The van der Waals surface area contributed by atoms with Crippen molar-refractivity contribution in [3.05, 3.63) is 65.7 Å². The van der Waals surface area contributed by atoms with E-state index >= 15 is 0 Å². The van der Waals surface area contributed by atoms with Crippen LogP contribution in [0.2, 0.25) is 0 Å². The smallest absolute Gasteiger partial charge is 0.256 e. The summed E-state index contributed by atoms with van der Waals surface area (Å²) < 4.78 is 32.6. The summed E-state index contributed by atoms with van der Waals surface area (Å²) in [5.74, 6) is -1.18. The van der Waals surface area contributed by atoms with Gasteiger partial charge >= 0.3 is 0 Å². The molecule has 2 aromatic rings. The van der Waals surface area contributed by atoms with Gasteiger partial charge in [0.05, 0.1) is 12.2 Å². The minimum absolute atomic E-state index is 0.0142. The fraction of sp³-hybridized carbons (Fsp3) is 0.364. The Balaban J connectivity index is 1.36. The summed E-state index contributed by atoms with van der Waals surface area (Å²) in [5, 5.41) is 2.96. The number of hydrogen-bond acceptors (Lipinski definition) is 3. The number of carbonyl (C=O) groups is 2. The molecule has 5 nitrogen and oxygen atoms in total. The van der Waals surface area contributed by atoms with Crippen molar-refractivity contribution in [1.29, 1.82) is 0 Å². The number of halogens is 2. The minimum atomic E-state index is -0.523. The maximum atomic E-state index is 13.8. The van der Waals surface area contributed by atoms with Crippen LogP contribution in [0.5, 0.6) is 5.75 Å². The van der Waals surface area contributed by atoms with E-state index in [1.165, 1.54) is 18.2 Å². The molecule has 0 aliphatic carbocycles. The molecular formula is C22H24F2N2O3. The standard InChI is InChI=1S/C22H24F2N2O3/c23-18-7-2-1-6-17(18)22(28)26-13-11-16(12-14-26)25-21(27)10-5-15-29-20-9-4-3-8-19(20)24/h1-4,6-9,16H,5,10-15H2,(H,25,27). The molecule has 2 amide bonds. The molecule has 1 aliphatic rings. The first kappa shape index (κ1) is 20.8. The number of nitrogens with one attached hydrogen (secondary N) is 1. The highest BCUT2D eigenvalue weighted by molar-refractivity contribution is 5.94. The van der Waals surface area contributed by atoms with Crippen LogP contribution in [0.3, 0.4) is 0 Å². The monoisotopic (exact) mass is 402 g/mol. The van der Waals surface area contributed by atoms with E-state index in [0.717, 1.165) is 0 Å². The van der Waals surface area contributed by atoms with E-state index in [-0.39, 0.29) is 42.2 Å². The SMILES string of the molecule is O=C(CCCOc1ccccc1F)NC1CCN(C(=O)c2ccccc2F)CC1. The van der Waals surface area contributed by atoms with Gasteiger partial charge in [0.1, 0.15) is 5.82 Å². The van der Waals surface area contributed by atoms with Gasteiger partial charge in [-0.25, -0.2) is 8.78 Å². The van der Waals surface area contributed by atoms with Crippen LogP contribution in [0.15, 0.2) is 48.5 Å². The summed E-state index contributed by atoms with van der Waals surface area (Å²) in [5.41, 5.74) is 0.0739. The van der Waals surface area contributed by atoms with Crippen LogP contribution in [0.25, 0.3) is 0 Å². The van der Waals surface area contributed by atoms with Gasteiger partial charge in [-0.2, -0.15) is 0 Å². The van der Waals surface area contributed by atoms with Crippen LogP contribution in [-0.4, -0.2) is 42.5 Å². The molecule has 1 fully saturated rings. The summed E-state index contributed by atoms with van der Waals surface area (Å²) in [6, 6.07) is 12.1. The lowest BCUT2D eigenvalue weighted by Gasteiger charge is -2.32. The highest BCUT2D eigenvalue weighted by Gasteiger charge is 2.25. The van der Waals surface area contributed by atoms with Gasteiger partial charge in [0.15, 0.2) is 11.6 Å². The third-order valence-corrected chi connectivity index (χ3v) is 4.89. The Morgan fingerprint density at radius 3 is 2.34 bits per heavy atom. The first-order valence-corrected chi connectivity index (χ1v) is 9.75. The number of amides is 2. The van der Waals surface area contributed by atoms with Crippen molar-refractivity contribution in [3.63, 3.8) is 0 Å². The van der Waals surface area contributed by atoms with E-state index in [2.05, 4.69) is 5.32 Å². The van der Waals surface area contributed by atoms with Crippen LogP contribution >= 0.6 is 0 Å². The zero-order valence-corrected chi connectivity index (χ0v) is 16.1. The van der Waals surface area contributed by atoms with Crippen molar-refractivity contribution in [3.8, 4) is 5.75 Å². The molecule has 7 heteroatoms. The molecule has 0 radical (unpaired) electrons. The van der Waals surface area contributed by atoms with Gasteiger partial charge in [-0.15, -0.1) is 0 Å². The number of nitrogens with zero attached hydrogens (tertiary/aromatic N) is 1. The number of benzene rings is 2. The van der Waals surface area contributed by atoms with Crippen molar-refractivity contribution in [1.82, 2.24) is 10.2 Å². The normalized spacial score (nSPS) is 14.5. The van der Waals surface area contributed by atoms with Crippen molar-refractivity contribution >= 4 is 11.8 Å². The molecule has 1 aliphatic heterocycles. The second-order valence-electron chi connectivity index (χ2n) is 7.00. The van der Waals surface area contributed by atoms with E-state index in [1.54, 1.807) is 35.2 Å². The lowest BCUT2D eigenvalue weighted by molar-refractivity contribution is -0.122. The molecule has 0 bridgehead atoms. The Hall–Kier alpha value is -2.96. The van der Waals surface area contributed by atoms with Gasteiger partial charge < -0.3 is 15.0 Å². The first-order valence-electron chi connectivity index (χ1n) is 9.75. The van der Waals surface area contributed by atoms with Crippen molar-refractivity contribution < 1.29 is 23.1 Å². The third-order valence-electron chi connectivity index (χ3n) is 4.89. The molecule has 2 aromatic carbocycles. The fourth-order valence-corrected chi connectivity index (χ4v) is 3.31. The zero-order chi connectivity index (χ0) is 20.6. The molecule has 0 aromatic heterocycles. The lowest BCUT2D eigenvalue weighted by atomic mass is 10.0. The molecule has 0 spiro atoms. The Morgan fingerprint density at radius 2 is 1.66 bits per heavy atom. The molecule has 1 heterocycles. The van der Waals surface area contributed by atoms with Crippen molar-refractivity contribution in [2.24, 2.45) is 0 Å². The molecule has 0 atom stereocenters. The first-order chi connectivity index (χ1) is 14.0. The van der Waals surface area contributed by atoms with Gasteiger partial charge in [0.25, 0.3) is 5.91 Å². The van der Waals surface area contributed by atoms with Crippen LogP contribution in [0.4, 0.5) is 8.78 Å². The van der Waals surface area contributed by atoms with Gasteiger partial charge in [0.2, 0.25) is 5.91 Å². The highest BCUT2D eigenvalue weighted by atomic mass is 19.1. The summed E-state index contributed by atoms with van der Waals surface area (Å²) in [6.07, 6.45) is 2.00. The summed E-state index contributed by atoms with van der Waals surface area (Å²) in [7, 11) is 0. The van der Waals surface area contributed by atoms with E-state index in [4.69, 9.17) is 4.74 Å². The maximum Gasteiger partial charge on any atom is 0.256 e. The topological polar surface area (TPSA) is 58.6 Å². The van der Waals surface area contributed by atoms with E-state index < -0.39 is 11.6 Å². The summed E-state index contributed by atoms with van der Waals surface area (Å²) in [4.78, 5) is 26.1. The molecule has 29 heavy (non-hydrogen) atoms. The second-order valence-corrected chi connectivity index (χ2v) is 7.00. The summed E-state index contributed by atoms with van der Waals surface area (Å²) in [6.45, 7) is 1.19. The maximum absolute atomic E-state index is 13.8. The molecule has 3 rings (SSSR count). The number of carbonyl (C=O) groups excluding carboxylic acids is 2. The molecule has 154 valence electrons. The molecule has 0 unspecified atom stereocenters. The van der Waals surface area contributed by atoms with Gasteiger partial charge in [-0.3, -0.25) is 9.59 Å². The quantitative estimate of drug-likeness (QED) is 0.721. The third kappa shape index (κ3) is 5.76. The van der Waals surface area contributed by atoms with E-state index in [1.807, 2.05) is 0 Å². The summed E-state index contributed by atoms with van der Waals surface area (Å²) >= 11 is 0. The zero-order valence-electron chi connectivity index (χ0n) is 16.1. The van der Waals surface area contributed by atoms with E-state index in [0.29, 0.717) is 32.4 Å². The van der Waals surface area contributed by atoms with Crippen LogP contribution < -0.4 is 10.1 Å². The minimum Gasteiger partial charge on any atom is -0.491 e. The average molecular weight is 402 g/mol. The van der Waals surface area contributed by atoms with E-state index in [9.17, 15) is 18.4 Å². The highest BCUT2D eigenvalue weighted by Crippen LogP contribution is 2.17. The fourth-order valence-electron chi connectivity index (χ4n) is 3.31. The van der Waals surface area contributed by atoms with Crippen molar-refractivity contribution in [2.75, 3.05) is 19.7 Å². The Morgan fingerprint density at radius 1 is 1.00 bits per heavy atom. The number of para-hydroxylation sites is 1. The molecule has 0 saturated carbocycles. The van der Waals surface area contributed by atoms with Gasteiger partial charge in [-0.1, -0.05) is 24.3 Å². The average Bonchev–Trinajstić information content (AvgIpc) is 2.73. The number of likely N-dealkylation sites (tertiary alicyclic amines) is 1. The predicted octanol–water partition coefficient (Wildman–Crippen LogP) is 3.54. The number of piperidine rings is 1.